The maximum atomic E-state index is 12.2. The fourth-order valence-electron chi connectivity index (χ4n) is 1.95. The molecule has 0 aliphatic carbocycles. The van der Waals surface area contributed by atoms with Crippen molar-refractivity contribution in [3.05, 3.63) is 59.9 Å². The third-order valence-electron chi connectivity index (χ3n) is 3.12. The summed E-state index contributed by atoms with van der Waals surface area (Å²) in [6.07, 6.45) is 0.631. The average molecular weight is 345 g/mol. The van der Waals surface area contributed by atoms with Gasteiger partial charge in [-0.3, -0.25) is 0 Å². The summed E-state index contributed by atoms with van der Waals surface area (Å²) in [6, 6.07) is 13.8. The number of esters is 1. The summed E-state index contributed by atoms with van der Waals surface area (Å²) < 4.78 is 12.3. The number of rotatable bonds is 5. The quantitative estimate of drug-likeness (QED) is 0.523. The number of hydrogen-bond acceptors (Lipinski definition) is 6. The first-order valence-electron chi connectivity index (χ1n) is 7.10. The second-order valence-electron chi connectivity index (χ2n) is 4.86. The number of para-hydroxylation sites is 1. The maximum Gasteiger partial charge on any atom is 0.352 e. The van der Waals surface area contributed by atoms with Gasteiger partial charge in [-0.1, -0.05) is 29.8 Å². The SMILES string of the molecule is C[C@@H](Oc1ccccc1Cl)C(=O)Oc1cccc(-n2cnnn2)c1. The largest absolute Gasteiger partial charge is 0.477 e. The Hall–Kier alpha value is -2.93. The molecular weight excluding hydrogens is 332 g/mol. The standard InChI is InChI=1S/C16H13ClN4O3/c1-11(23-15-8-3-2-7-14(15)17)16(22)24-13-6-4-5-12(9-13)21-10-18-19-20-21/h2-11H,1H3/t11-/m1/s1. The van der Waals surface area contributed by atoms with Crippen LogP contribution in [-0.2, 0) is 4.79 Å². The van der Waals surface area contributed by atoms with Crippen molar-refractivity contribution >= 4 is 17.6 Å². The van der Waals surface area contributed by atoms with Crippen LogP contribution in [0.15, 0.2) is 54.9 Å². The first-order chi connectivity index (χ1) is 11.6. The fourth-order valence-corrected chi connectivity index (χ4v) is 2.13. The molecule has 24 heavy (non-hydrogen) atoms. The highest BCUT2D eigenvalue weighted by Gasteiger charge is 2.18. The molecule has 0 N–H and O–H groups in total. The summed E-state index contributed by atoms with van der Waals surface area (Å²) in [4.78, 5) is 12.2. The topological polar surface area (TPSA) is 79.1 Å². The van der Waals surface area contributed by atoms with E-state index in [0.717, 1.165) is 0 Å². The van der Waals surface area contributed by atoms with Crippen molar-refractivity contribution in [2.45, 2.75) is 13.0 Å². The summed E-state index contributed by atoms with van der Waals surface area (Å²) in [5, 5.41) is 11.3. The van der Waals surface area contributed by atoms with Crippen LogP contribution in [0.2, 0.25) is 5.02 Å². The third kappa shape index (κ3) is 3.69. The molecule has 3 rings (SSSR count). The van der Waals surface area contributed by atoms with E-state index in [1.165, 1.54) is 11.0 Å². The van der Waals surface area contributed by atoms with Gasteiger partial charge in [0.05, 0.1) is 10.7 Å². The highest BCUT2D eigenvalue weighted by atomic mass is 35.5. The molecule has 0 amide bonds. The molecule has 7 nitrogen and oxygen atoms in total. The van der Waals surface area contributed by atoms with Crippen LogP contribution in [0.3, 0.4) is 0 Å². The average Bonchev–Trinajstić information content (AvgIpc) is 3.12. The van der Waals surface area contributed by atoms with E-state index in [4.69, 9.17) is 21.1 Å². The zero-order valence-corrected chi connectivity index (χ0v) is 13.4. The van der Waals surface area contributed by atoms with E-state index >= 15 is 0 Å². The van der Waals surface area contributed by atoms with Gasteiger partial charge in [-0.2, -0.15) is 0 Å². The first-order valence-corrected chi connectivity index (χ1v) is 7.47. The number of tetrazole rings is 1. The van der Waals surface area contributed by atoms with Gasteiger partial charge < -0.3 is 9.47 Å². The Bertz CT molecular complexity index is 839. The van der Waals surface area contributed by atoms with Crippen molar-refractivity contribution in [3.63, 3.8) is 0 Å². The molecule has 122 valence electrons. The van der Waals surface area contributed by atoms with Crippen LogP contribution in [0.1, 0.15) is 6.92 Å². The van der Waals surface area contributed by atoms with Crippen LogP contribution in [-0.4, -0.2) is 32.3 Å². The van der Waals surface area contributed by atoms with Gasteiger partial charge in [-0.15, -0.1) is 5.10 Å². The van der Waals surface area contributed by atoms with Gasteiger partial charge in [0.15, 0.2) is 6.10 Å². The van der Waals surface area contributed by atoms with Crippen molar-refractivity contribution < 1.29 is 14.3 Å². The molecule has 0 bridgehead atoms. The number of hydrogen-bond donors (Lipinski definition) is 0. The van der Waals surface area contributed by atoms with Crippen LogP contribution in [0.5, 0.6) is 11.5 Å². The van der Waals surface area contributed by atoms with E-state index in [0.29, 0.717) is 22.2 Å². The summed E-state index contributed by atoms with van der Waals surface area (Å²) in [5.74, 6) is 0.248. The van der Waals surface area contributed by atoms with Gasteiger partial charge in [0.25, 0.3) is 0 Å². The molecule has 0 saturated heterocycles. The summed E-state index contributed by atoms with van der Waals surface area (Å²) in [5.41, 5.74) is 0.671. The lowest BCUT2D eigenvalue weighted by Gasteiger charge is -2.15. The molecule has 0 spiro atoms. The van der Waals surface area contributed by atoms with Crippen molar-refractivity contribution in [2.75, 3.05) is 0 Å². The highest BCUT2D eigenvalue weighted by Crippen LogP contribution is 2.24. The van der Waals surface area contributed by atoms with E-state index in [1.807, 2.05) is 0 Å². The van der Waals surface area contributed by atoms with Crippen LogP contribution < -0.4 is 9.47 Å². The smallest absolute Gasteiger partial charge is 0.352 e. The number of aromatic nitrogens is 4. The Morgan fingerprint density at radius 2 is 2.04 bits per heavy atom. The molecule has 0 unspecified atom stereocenters. The third-order valence-corrected chi connectivity index (χ3v) is 3.43. The molecule has 1 heterocycles. The van der Waals surface area contributed by atoms with Crippen LogP contribution in [0.4, 0.5) is 0 Å². The van der Waals surface area contributed by atoms with Crippen molar-refractivity contribution in [2.24, 2.45) is 0 Å². The lowest BCUT2D eigenvalue weighted by molar-refractivity contribution is -0.141. The molecule has 0 fully saturated rings. The first kappa shape index (κ1) is 15.9. The summed E-state index contributed by atoms with van der Waals surface area (Å²) in [7, 11) is 0. The minimum atomic E-state index is -0.818. The Balaban J connectivity index is 1.68. The number of carbonyl (C=O) groups is 1. The van der Waals surface area contributed by atoms with Gasteiger partial charge in [0.1, 0.15) is 17.8 Å². The molecule has 3 aromatic rings. The highest BCUT2D eigenvalue weighted by molar-refractivity contribution is 6.32. The Morgan fingerprint density at radius 3 is 2.79 bits per heavy atom. The fraction of sp³-hybridized carbons (Fsp3) is 0.125. The van der Waals surface area contributed by atoms with Gasteiger partial charge >= 0.3 is 5.97 Å². The Labute approximate surface area is 142 Å². The number of halogens is 1. The molecule has 0 saturated carbocycles. The van der Waals surface area contributed by atoms with Crippen molar-refractivity contribution in [1.29, 1.82) is 0 Å². The molecule has 1 aromatic heterocycles. The van der Waals surface area contributed by atoms with Crippen molar-refractivity contribution in [3.8, 4) is 17.2 Å². The number of carbonyl (C=O) groups excluding carboxylic acids is 1. The van der Waals surface area contributed by atoms with Crippen LogP contribution >= 0.6 is 11.6 Å². The molecular formula is C16H13ClN4O3. The van der Waals surface area contributed by atoms with Crippen molar-refractivity contribution in [1.82, 2.24) is 20.2 Å². The van der Waals surface area contributed by atoms with Crippen LogP contribution in [0.25, 0.3) is 5.69 Å². The zero-order valence-electron chi connectivity index (χ0n) is 12.7. The number of benzene rings is 2. The summed E-state index contributed by atoms with van der Waals surface area (Å²) in [6.45, 7) is 1.59. The lowest BCUT2D eigenvalue weighted by Crippen LogP contribution is -2.28. The Morgan fingerprint density at radius 1 is 1.21 bits per heavy atom. The Kier molecular flexibility index (Phi) is 4.72. The van der Waals surface area contributed by atoms with Gasteiger partial charge in [0, 0.05) is 6.07 Å². The number of ether oxygens (including phenoxy) is 2. The van der Waals surface area contributed by atoms with Gasteiger partial charge in [0.2, 0.25) is 0 Å². The normalized spacial score (nSPS) is 11.8. The second kappa shape index (κ2) is 7.10. The van der Waals surface area contributed by atoms with E-state index < -0.39 is 12.1 Å². The minimum Gasteiger partial charge on any atom is -0.477 e. The molecule has 0 radical (unpaired) electrons. The summed E-state index contributed by atoms with van der Waals surface area (Å²) >= 11 is 6.01. The van der Waals surface area contributed by atoms with E-state index in [9.17, 15) is 4.79 Å². The van der Waals surface area contributed by atoms with E-state index in [-0.39, 0.29) is 0 Å². The predicted octanol–water partition coefficient (Wildman–Crippen LogP) is 2.69. The molecule has 0 aliphatic heterocycles. The second-order valence-corrected chi connectivity index (χ2v) is 5.27. The molecule has 2 aromatic carbocycles. The monoisotopic (exact) mass is 344 g/mol. The van der Waals surface area contributed by atoms with Crippen LogP contribution in [0, 0.1) is 0 Å². The van der Waals surface area contributed by atoms with E-state index in [2.05, 4.69) is 15.5 Å². The molecule has 8 heteroatoms. The molecule has 1 atom stereocenters. The number of nitrogens with zero attached hydrogens (tertiary/aromatic N) is 4. The molecule has 0 aliphatic rings. The minimum absolute atomic E-state index is 0.364. The zero-order chi connectivity index (χ0) is 16.9. The van der Waals surface area contributed by atoms with Gasteiger partial charge in [-0.25, -0.2) is 9.48 Å². The van der Waals surface area contributed by atoms with Gasteiger partial charge in [-0.05, 0) is 41.6 Å². The maximum absolute atomic E-state index is 12.2. The van der Waals surface area contributed by atoms with E-state index in [1.54, 1.807) is 55.5 Å². The predicted molar refractivity (Wildman–Crippen MR) is 86.3 cm³/mol. The lowest BCUT2D eigenvalue weighted by atomic mass is 10.3.